The molecular formula is C13H25N3O3. The molecule has 1 rings (SSSR count). The molecule has 0 bridgehead atoms. The lowest BCUT2D eigenvalue weighted by Crippen LogP contribution is -2.54. The summed E-state index contributed by atoms with van der Waals surface area (Å²) in [6, 6.07) is -1.12. The summed E-state index contributed by atoms with van der Waals surface area (Å²) in [6.45, 7) is 8.53. The first-order valence-corrected chi connectivity index (χ1v) is 6.96. The SMILES string of the molecule is CCN1CCCC(NC(=O)NC(C(=O)O)C(C)C)C1. The van der Waals surface area contributed by atoms with Crippen molar-refractivity contribution < 1.29 is 14.7 Å². The molecule has 19 heavy (non-hydrogen) atoms. The van der Waals surface area contributed by atoms with Crippen molar-refractivity contribution in [2.24, 2.45) is 5.92 Å². The fraction of sp³-hybridized carbons (Fsp3) is 0.846. The van der Waals surface area contributed by atoms with Gasteiger partial charge in [-0.05, 0) is 31.8 Å². The van der Waals surface area contributed by atoms with E-state index in [0.29, 0.717) is 0 Å². The van der Waals surface area contributed by atoms with Crippen LogP contribution in [0.1, 0.15) is 33.6 Å². The van der Waals surface area contributed by atoms with Crippen LogP contribution in [0, 0.1) is 5.92 Å². The maximum Gasteiger partial charge on any atom is 0.326 e. The molecule has 6 heteroatoms. The average Bonchev–Trinajstić information content (AvgIpc) is 2.35. The van der Waals surface area contributed by atoms with Crippen molar-refractivity contribution in [3.8, 4) is 0 Å². The number of likely N-dealkylation sites (tertiary alicyclic amines) is 1. The molecule has 0 spiro atoms. The van der Waals surface area contributed by atoms with Crippen LogP contribution in [0.4, 0.5) is 4.79 Å². The Labute approximate surface area is 114 Å². The number of piperidine rings is 1. The van der Waals surface area contributed by atoms with E-state index in [4.69, 9.17) is 5.11 Å². The lowest BCUT2D eigenvalue weighted by Gasteiger charge is -2.32. The second-order valence-electron chi connectivity index (χ2n) is 5.41. The molecule has 2 amide bonds. The molecule has 0 aromatic carbocycles. The van der Waals surface area contributed by atoms with Gasteiger partial charge in [-0.1, -0.05) is 20.8 Å². The highest BCUT2D eigenvalue weighted by Gasteiger charge is 2.25. The smallest absolute Gasteiger partial charge is 0.326 e. The molecule has 2 unspecified atom stereocenters. The summed E-state index contributed by atoms with van der Waals surface area (Å²) in [4.78, 5) is 25.1. The maximum atomic E-state index is 11.8. The standard InChI is InChI=1S/C13H25N3O3/c1-4-16-7-5-6-10(8-16)14-13(19)15-11(9(2)3)12(17)18/h9-11H,4-8H2,1-3H3,(H,17,18)(H2,14,15,19). The van der Waals surface area contributed by atoms with E-state index < -0.39 is 12.0 Å². The van der Waals surface area contributed by atoms with E-state index in [1.54, 1.807) is 13.8 Å². The zero-order chi connectivity index (χ0) is 14.4. The molecule has 110 valence electrons. The van der Waals surface area contributed by atoms with Gasteiger partial charge in [-0.2, -0.15) is 0 Å². The van der Waals surface area contributed by atoms with Gasteiger partial charge < -0.3 is 20.6 Å². The lowest BCUT2D eigenvalue weighted by molar-refractivity contribution is -0.140. The number of nitrogens with zero attached hydrogens (tertiary/aromatic N) is 1. The number of carboxylic acid groups (broad SMARTS) is 1. The van der Waals surface area contributed by atoms with Crippen LogP contribution in [-0.2, 0) is 4.79 Å². The summed E-state index contributed by atoms with van der Waals surface area (Å²) in [5.74, 6) is -1.13. The van der Waals surface area contributed by atoms with Crippen molar-refractivity contribution in [1.82, 2.24) is 15.5 Å². The van der Waals surface area contributed by atoms with Crippen molar-refractivity contribution >= 4 is 12.0 Å². The van der Waals surface area contributed by atoms with Crippen molar-refractivity contribution in [2.75, 3.05) is 19.6 Å². The quantitative estimate of drug-likeness (QED) is 0.693. The Morgan fingerprint density at radius 1 is 1.42 bits per heavy atom. The molecule has 1 heterocycles. The molecule has 6 nitrogen and oxygen atoms in total. The number of nitrogens with one attached hydrogen (secondary N) is 2. The van der Waals surface area contributed by atoms with E-state index in [0.717, 1.165) is 32.5 Å². The Kier molecular flexibility index (Phi) is 6.08. The van der Waals surface area contributed by atoms with Crippen LogP contribution < -0.4 is 10.6 Å². The van der Waals surface area contributed by atoms with E-state index in [9.17, 15) is 9.59 Å². The Bertz CT molecular complexity index is 320. The third kappa shape index (κ3) is 5.06. The Morgan fingerprint density at radius 3 is 2.63 bits per heavy atom. The highest BCUT2D eigenvalue weighted by Crippen LogP contribution is 2.09. The first-order valence-electron chi connectivity index (χ1n) is 6.96. The molecular weight excluding hydrogens is 246 g/mol. The van der Waals surface area contributed by atoms with Gasteiger partial charge >= 0.3 is 12.0 Å². The molecule has 2 atom stereocenters. The number of carboxylic acids is 1. The first kappa shape index (κ1) is 15.8. The summed E-state index contributed by atoms with van der Waals surface area (Å²) in [5.41, 5.74) is 0. The second-order valence-corrected chi connectivity index (χ2v) is 5.41. The Morgan fingerprint density at radius 2 is 2.11 bits per heavy atom. The monoisotopic (exact) mass is 271 g/mol. The summed E-state index contributed by atoms with van der Waals surface area (Å²) >= 11 is 0. The number of hydrogen-bond acceptors (Lipinski definition) is 3. The number of hydrogen-bond donors (Lipinski definition) is 3. The minimum Gasteiger partial charge on any atom is -0.480 e. The summed E-state index contributed by atoms with van der Waals surface area (Å²) < 4.78 is 0. The summed E-state index contributed by atoms with van der Waals surface area (Å²) in [7, 11) is 0. The van der Waals surface area contributed by atoms with Gasteiger partial charge in [0.1, 0.15) is 6.04 Å². The minimum atomic E-state index is -0.996. The number of likely N-dealkylation sites (N-methyl/N-ethyl adjacent to an activating group) is 1. The van der Waals surface area contributed by atoms with Crippen LogP contribution in [0.5, 0.6) is 0 Å². The molecule has 0 aromatic rings. The van der Waals surface area contributed by atoms with E-state index in [1.807, 2.05) is 0 Å². The number of amides is 2. The van der Waals surface area contributed by atoms with Crippen LogP contribution in [-0.4, -0.2) is 53.7 Å². The Hall–Kier alpha value is -1.30. The molecule has 3 N–H and O–H groups in total. The average molecular weight is 271 g/mol. The summed E-state index contributed by atoms with van der Waals surface area (Å²) in [5, 5.41) is 14.4. The van der Waals surface area contributed by atoms with E-state index in [2.05, 4.69) is 22.5 Å². The van der Waals surface area contributed by atoms with Crippen LogP contribution in [0.2, 0.25) is 0 Å². The van der Waals surface area contributed by atoms with Gasteiger partial charge in [-0.25, -0.2) is 9.59 Å². The van der Waals surface area contributed by atoms with Crippen molar-refractivity contribution in [3.63, 3.8) is 0 Å². The van der Waals surface area contributed by atoms with Crippen LogP contribution in [0.3, 0.4) is 0 Å². The number of rotatable bonds is 5. The number of urea groups is 1. The van der Waals surface area contributed by atoms with E-state index in [-0.39, 0.29) is 18.0 Å². The van der Waals surface area contributed by atoms with Gasteiger partial charge in [-0.15, -0.1) is 0 Å². The minimum absolute atomic E-state index is 0.107. The van der Waals surface area contributed by atoms with Crippen molar-refractivity contribution in [2.45, 2.75) is 45.7 Å². The van der Waals surface area contributed by atoms with E-state index >= 15 is 0 Å². The van der Waals surface area contributed by atoms with Gasteiger partial charge in [0.2, 0.25) is 0 Å². The van der Waals surface area contributed by atoms with Gasteiger partial charge in [0, 0.05) is 12.6 Å². The summed E-state index contributed by atoms with van der Waals surface area (Å²) in [6.07, 6.45) is 2.01. The second kappa shape index (κ2) is 7.33. The molecule has 1 saturated heterocycles. The normalized spacial score (nSPS) is 22.0. The highest BCUT2D eigenvalue weighted by molar-refractivity contribution is 5.82. The van der Waals surface area contributed by atoms with E-state index in [1.165, 1.54) is 0 Å². The van der Waals surface area contributed by atoms with Crippen molar-refractivity contribution in [1.29, 1.82) is 0 Å². The fourth-order valence-corrected chi connectivity index (χ4v) is 2.34. The van der Waals surface area contributed by atoms with Crippen LogP contribution >= 0.6 is 0 Å². The molecule has 0 aliphatic carbocycles. The zero-order valence-corrected chi connectivity index (χ0v) is 12.0. The molecule has 0 aromatic heterocycles. The molecule has 1 aliphatic heterocycles. The van der Waals surface area contributed by atoms with Gasteiger partial charge in [0.25, 0.3) is 0 Å². The third-order valence-corrected chi connectivity index (χ3v) is 3.51. The first-order chi connectivity index (χ1) is 8.93. The van der Waals surface area contributed by atoms with Crippen LogP contribution in [0.25, 0.3) is 0 Å². The van der Waals surface area contributed by atoms with Gasteiger partial charge in [0.15, 0.2) is 0 Å². The molecule has 0 radical (unpaired) electrons. The number of aliphatic carboxylic acids is 1. The highest BCUT2D eigenvalue weighted by atomic mass is 16.4. The van der Waals surface area contributed by atoms with Crippen LogP contribution in [0.15, 0.2) is 0 Å². The van der Waals surface area contributed by atoms with Gasteiger partial charge in [0.05, 0.1) is 0 Å². The Balaban J connectivity index is 2.43. The number of carbonyl (C=O) groups excluding carboxylic acids is 1. The fourth-order valence-electron chi connectivity index (χ4n) is 2.34. The predicted molar refractivity (Wildman–Crippen MR) is 73.1 cm³/mol. The predicted octanol–water partition coefficient (Wildman–Crippen LogP) is 0.879. The zero-order valence-electron chi connectivity index (χ0n) is 12.0. The van der Waals surface area contributed by atoms with Gasteiger partial charge in [-0.3, -0.25) is 0 Å². The maximum absolute atomic E-state index is 11.8. The molecule has 1 fully saturated rings. The number of carbonyl (C=O) groups is 2. The topological polar surface area (TPSA) is 81.7 Å². The largest absolute Gasteiger partial charge is 0.480 e. The lowest BCUT2D eigenvalue weighted by atomic mass is 10.0. The molecule has 0 saturated carbocycles. The molecule has 1 aliphatic rings. The van der Waals surface area contributed by atoms with Crippen molar-refractivity contribution in [3.05, 3.63) is 0 Å². The third-order valence-electron chi connectivity index (χ3n) is 3.51.